The van der Waals surface area contributed by atoms with Crippen LogP contribution in [-0.2, 0) is 22.4 Å². The molecular weight excluding hydrogens is 148 g/mol. The molecule has 0 saturated heterocycles. The second kappa shape index (κ2) is 15.8. The molecule has 0 aromatic carbocycles. The summed E-state index contributed by atoms with van der Waals surface area (Å²) in [7, 11) is 0. The van der Waals surface area contributed by atoms with Gasteiger partial charge in [-0.3, -0.25) is 0 Å². The molecule has 0 radical (unpaired) electrons. The van der Waals surface area contributed by atoms with Gasteiger partial charge in [-0.05, 0) is 5.92 Å². The van der Waals surface area contributed by atoms with E-state index in [9.17, 15) is 0 Å². The van der Waals surface area contributed by atoms with Crippen LogP contribution in [0.3, 0.4) is 0 Å². The molecule has 0 aromatic heterocycles. The molecule has 0 saturated carbocycles. The van der Waals surface area contributed by atoms with Crippen molar-refractivity contribution in [2.24, 2.45) is 5.92 Å². The third-order valence-electron chi connectivity index (χ3n) is 0.866. The Labute approximate surface area is 69.7 Å². The van der Waals surface area contributed by atoms with Crippen molar-refractivity contribution in [3.8, 4) is 0 Å². The Bertz CT molecular complexity index is 35.9. The third kappa shape index (κ3) is 29.6. The fourth-order valence-electron chi connectivity index (χ4n) is 0.577. The summed E-state index contributed by atoms with van der Waals surface area (Å²) in [6.07, 6.45) is 2.71. The van der Waals surface area contributed by atoms with Crippen LogP contribution in [0.25, 0.3) is 0 Å². The van der Waals surface area contributed by atoms with Crippen molar-refractivity contribution in [1.29, 1.82) is 0 Å². The summed E-state index contributed by atoms with van der Waals surface area (Å²) in [4.78, 5) is 0. The van der Waals surface area contributed by atoms with E-state index >= 15 is 0 Å². The summed E-state index contributed by atoms with van der Waals surface area (Å²) in [5.41, 5.74) is 0. The van der Waals surface area contributed by atoms with Crippen molar-refractivity contribution in [3.63, 3.8) is 0 Å². The lowest BCUT2D eigenvalue weighted by atomic mass is 10.1. The molecule has 0 aliphatic carbocycles. The molecular formula is C7H18S2. The van der Waals surface area contributed by atoms with E-state index in [0.29, 0.717) is 0 Å². The molecule has 0 bridgehead atoms. The Morgan fingerprint density at radius 3 is 1.56 bits per heavy atom. The second-order valence-corrected chi connectivity index (χ2v) is 2.18. The van der Waals surface area contributed by atoms with Crippen molar-refractivity contribution in [3.05, 3.63) is 0 Å². The Balaban J connectivity index is -0.000000109. The van der Waals surface area contributed by atoms with Gasteiger partial charge in [0.1, 0.15) is 0 Å². The zero-order valence-corrected chi connectivity index (χ0v) is 7.44. The Morgan fingerprint density at radius 1 is 1.22 bits per heavy atom. The first-order chi connectivity index (χ1) is 3.77. The minimum Gasteiger partial charge on any atom is -0.0776 e. The first-order valence-corrected chi connectivity index (χ1v) is 4.27. The van der Waals surface area contributed by atoms with Crippen molar-refractivity contribution in [1.82, 2.24) is 0 Å². The van der Waals surface area contributed by atoms with E-state index in [-0.39, 0.29) is 7.43 Å². The van der Waals surface area contributed by atoms with Crippen LogP contribution in [0.5, 0.6) is 0 Å². The highest BCUT2D eigenvalue weighted by atomic mass is 32.8. The van der Waals surface area contributed by atoms with Gasteiger partial charge in [0.25, 0.3) is 0 Å². The molecule has 9 heavy (non-hydrogen) atoms. The molecule has 0 heterocycles. The van der Waals surface area contributed by atoms with E-state index in [1.54, 1.807) is 0 Å². The molecule has 0 nitrogen and oxygen atoms in total. The highest BCUT2D eigenvalue weighted by Crippen LogP contribution is 2.00. The van der Waals surface area contributed by atoms with Crippen LogP contribution in [0.2, 0.25) is 0 Å². The molecule has 0 aromatic rings. The van der Waals surface area contributed by atoms with Crippen LogP contribution in [-0.4, -0.2) is 0 Å². The first-order valence-electron chi connectivity index (χ1n) is 2.94. The monoisotopic (exact) mass is 166 g/mol. The van der Waals surface area contributed by atoms with E-state index in [1.165, 1.54) is 12.8 Å². The van der Waals surface area contributed by atoms with Crippen LogP contribution in [0.1, 0.15) is 41.0 Å². The summed E-state index contributed by atoms with van der Waals surface area (Å²) in [5.74, 6) is 0.898. The van der Waals surface area contributed by atoms with Crippen molar-refractivity contribution in [2.75, 3.05) is 0 Å². The predicted octanol–water partition coefficient (Wildman–Crippen LogP) is 3.07. The molecule has 0 rings (SSSR count). The van der Waals surface area contributed by atoms with Gasteiger partial charge >= 0.3 is 0 Å². The van der Waals surface area contributed by atoms with Gasteiger partial charge in [0.15, 0.2) is 0 Å². The van der Waals surface area contributed by atoms with E-state index in [2.05, 4.69) is 43.1 Å². The maximum atomic E-state index is 3.67. The third-order valence-corrected chi connectivity index (χ3v) is 0.866. The van der Waals surface area contributed by atoms with Crippen molar-refractivity contribution < 1.29 is 0 Å². The second-order valence-electron chi connectivity index (χ2n) is 2.18. The highest BCUT2D eigenvalue weighted by molar-refractivity contribution is 8.07. The summed E-state index contributed by atoms with van der Waals surface area (Å²) in [5, 5.41) is 0. The molecule has 0 unspecified atom stereocenters. The fourth-order valence-corrected chi connectivity index (χ4v) is 0.577. The molecule has 0 atom stereocenters. The Kier molecular flexibility index (Phi) is 28.4. The molecule has 0 N–H and O–H groups in total. The number of rotatable bonds is 2. The fraction of sp³-hybridized carbons (Fsp3) is 1.00. The van der Waals surface area contributed by atoms with E-state index in [4.69, 9.17) is 0 Å². The lowest BCUT2D eigenvalue weighted by Crippen LogP contribution is -1.81. The van der Waals surface area contributed by atoms with Gasteiger partial charge in [0.05, 0.1) is 0 Å². The molecule has 58 valence electrons. The molecule has 0 aliphatic rings. The lowest BCUT2D eigenvalue weighted by molar-refractivity contribution is 0.576. The quantitative estimate of drug-likeness (QED) is 0.618. The molecule has 2 heteroatoms. The van der Waals surface area contributed by atoms with Gasteiger partial charge in [-0.2, -0.15) is 0 Å². The SMILES string of the molecule is C.CCCC(C)C.S=S. The first kappa shape index (κ1) is 16.2. The maximum absolute atomic E-state index is 3.67. The van der Waals surface area contributed by atoms with Gasteiger partial charge in [0.2, 0.25) is 0 Å². The van der Waals surface area contributed by atoms with E-state index in [1.807, 2.05) is 0 Å². The Hall–Kier alpha value is 0.440. The zero-order chi connectivity index (χ0) is 6.99. The minimum atomic E-state index is 0. The van der Waals surface area contributed by atoms with Crippen LogP contribution in [0, 0.1) is 5.92 Å². The minimum absolute atomic E-state index is 0. The highest BCUT2D eigenvalue weighted by Gasteiger charge is 1.85. The molecule has 0 fully saturated rings. The Morgan fingerprint density at radius 2 is 1.56 bits per heavy atom. The predicted molar refractivity (Wildman–Crippen MR) is 51.2 cm³/mol. The van der Waals surface area contributed by atoms with Gasteiger partial charge < -0.3 is 0 Å². The van der Waals surface area contributed by atoms with Gasteiger partial charge in [-0.15, -0.1) is 0 Å². The van der Waals surface area contributed by atoms with E-state index in [0.717, 1.165) is 5.92 Å². The molecule has 0 amide bonds. The van der Waals surface area contributed by atoms with Crippen LogP contribution in [0.4, 0.5) is 0 Å². The van der Waals surface area contributed by atoms with Crippen LogP contribution < -0.4 is 0 Å². The largest absolute Gasteiger partial charge is 0.0776 e. The van der Waals surface area contributed by atoms with Gasteiger partial charge in [-0.25, -0.2) is 0 Å². The average Bonchev–Trinajstić information content (AvgIpc) is 1.72. The normalized spacial score (nSPS) is 7.11. The smallest absolute Gasteiger partial charge is 0 e. The molecule has 0 aliphatic heterocycles. The van der Waals surface area contributed by atoms with Crippen molar-refractivity contribution in [2.45, 2.75) is 41.0 Å². The summed E-state index contributed by atoms with van der Waals surface area (Å²) >= 11 is 7.33. The maximum Gasteiger partial charge on any atom is 0 e. The lowest BCUT2D eigenvalue weighted by Gasteiger charge is -1.95. The summed E-state index contributed by atoms with van der Waals surface area (Å²) < 4.78 is 0. The standard InChI is InChI=1S/C6H14.CH4.S2/c1-4-5-6(2)3;;1-2/h6H,4-5H2,1-3H3;1H4;. The van der Waals surface area contributed by atoms with Crippen LogP contribution >= 0.6 is 0 Å². The topological polar surface area (TPSA) is 0 Å². The average molecular weight is 166 g/mol. The van der Waals surface area contributed by atoms with Gasteiger partial charge in [0, 0.05) is 22.4 Å². The number of hydrogen-bond acceptors (Lipinski definition) is 2. The van der Waals surface area contributed by atoms with E-state index < -0.39 is 0 Å². The summed E-state index contributed by atoms with van der Waals surface area (Å²) in [6.45, 7) is 6.73. The van der Waals surface area contributed by atoms with Crippen LogP contribution in [0.15, 0.2) is 0 Å². The molecule has 0 spiro atoms. The zero-order valence-electron chi connectivity index (χ0n) is 5.81. The van der Waals surface area contributed by atoms with Crippen molar-refractivity contribution >= 4 is 22.4 Å². The number of hydrogen-bond donors (Lipinski definition) is 0. The van der Waals surface area contributed by atoms with Gasteiger partial charge in [-0.1, -0.05) is 41.0 Å². The summed E-state index contributed by atoms with van der Waals surface area (Å²) in [6, 6.07) is 0.